The molecule has 0 heterocycles. The van der Waals surface area contributed by atoms with Gasteiger partial charge >= 0.3 is 5.97 Å². The van der Waals surface area contributed by atoms with Crippen molar-refractivity contribution >= 4 is 27.5 Å². The lowest BCUT2D eigenvalue weighted by molar-refractivity contribution is -0.138. The van der Waals surface area contributed by atoms with E-state index in [4.69, 9.17) is 10.8 Å². The first-order valence-electron chi connectivity index (χ1n) is 6.54. The van der Waals surface area contributed by atoms with Gasteiger partial charge in [0.25, 0.3) is 0 Å². The fourth-order valence-electron chi connectivity index (χ4n) is 2.64. The molecule has 100 valence electrons. The molecular formula is C17H15NO2. The normalized spacial score (nSPS) is 12.7. The Balaban J connectivity index is 2.30. The standard InChI is InChI=1S/C17H15NO2/c18-16(17(19)20)10-15-13-7-3-1-5-11(13)9-12-6-2-4-8-14(12)15/h1-9,16H,10,18H2,(H,19,20)/t16-/m0/s1. The summed E-state index contributed by atoms with van der Waals surface area (Å²) in [4.78, 5) is 11.1. The molecule has 20 heavy (non-hydrogen) atoms. The van der Waals surface area contributed by atoms with Gasteiger partial charge in [0.2, 0.25) is 0 Å². The highest BCUT2D eigenvalue weighted by Crippen LogP contribution is 2.29. The number of hydrogen-bond donors (Lipinski definition) is 2. The van der Waals surface area contributed by atoms with Gasteiger partial charge in [-0.2, -0.15) is 0 Å². The quantitative estimate of drug-likeness (QED) is 0.716. The van der Waals surface area contributed by atoms with Gasteiger partial charge < -0.3 is 10.8 Å². The maximum Gasteiger partial charge on any atom is 0.320 e. The highest BCUT2D eigenvalue weighted by Gasteiger charge is 2.16. The molecule has 0 aromatic heterocycles. The molecule has 0 radical (unpaired) electrons. The predicted molar refractivity (Wildman–Crippen MR) is 80.8 cm³/mol. The van der Waals surface area contributed by atoms with Crippen LogP contribution in [0.25, 0.3) is 21.5 Å². The maximum absolute atomic E-state index is 11.1. The summed E-state index contributed by atoms with van der Waals surface area (Å²) in [5.41, 5.74) is 6.74. The first-order chi connectivity index (χ1) is 9.66. The van der Waals surface area contributed by atoms with E-state index in [2.05, 4.69) is 6.07 Å². The van der Waals surface area contributed by atoms with Crippen LogP contribution in [0.3, 0.4) is 0 Å². The second-order valence-corrected chi connectivity index (χ2v) is 4.95. The summed E-state index contributed by atoms with van der Waals surface area (Å²) in [6, 6.07) is 17.3. The van der Waals surface area contributed by atoms with Crippen molar-refractivity contribution in [1.29, 1.82) is 0 Å². The Hall–Kier alpha value is -2.39. The number of rotatable bonds is 3. The van der Waals surface area contributed by atoms with Crippen LogP contribution >= 0.6 is 0 Å². The summed E-state index contributed by atoms with van der Waals surface area (Å²) in [6.07, 6.45) is 0.331. The molecule has 0 fully saturated rings. The van der Waals surface area contributed by atoms with Crippen LogP contribution in [-0.4, -0.2) is 17.1 Å². The van der Waals surface area contributed by atoms with E-state index in [1.165, 1.54) is 0 Å². The summed E-state index contributed by atoms with van der Waals surface area (Å²) in [7, 11) is 0. The molecule has 3 rings (SSSR count). The first-order valence-corrected chi connectivity index (χ1v) is 6.54. The summed E-state index contributed by atoms with van der Waals surface area (Å²) in [6.45, 7) is 0. The second-order valence-electron chi connectivity index (χ2n) is 4.95. The molecule has 3 nitrogen and oxygen atoms in total. The summed E-state index contributed by atoms with van der Waals surface area (Å²) >= 11 is 0. The van der Waals surface area contributed by atoms with Crippen molar-refractivity contribution in [2.24, 2.45) is 5.73 Å². The first kappa shape index (κ1) is 12.6. The van der Waals surface area contributed by atoms with E-state index in [9.17, 15) is 4.79 Å². The van der Waals surface area contributed by atoms with E-state index in [1.807, 2.05) is 48.5 Å². The number of fused-ring (bicyclic) bond motifs is 2. The fourth-order valence-corrected chi connectivity index (χ4v) is 2.64. The minimum atomic E-state index is -0.970. The Bertz CT molecular complexity index is 741. The topological polar surface area (TPSA) is 63.3 Å². The van der Waals surface area contributed by atoms with E-state index >= 15 is 0 Å². The molecule has 3 heteroatoms. The van der Waals surface area contributed by atoms with Crippen molar-refractivity contribution < 1.29 is 9.90 Å². The fraction of sp³-hybridized carbons (Fsp3) is 0.118. The number of nitrogens with two attached hydrogens (primary N) is 1. The molecule has 0 amide bonds. The number of benzene rings is 3. The van der Waals surface area contributed by atoms with Crippen LogP contribution in [0.1, 0.15) is 5.56 Å². The van der Waals surface area contributed by atoms with E-state index in [1.54, 1.807) is 0 Å². The molecule has 0 aliphatic heterocycles. The predicted octanol–water partition coefficient (Wildman–Crippen LogP) is 2.95. The lowest BCUT2D eigenvalue weighted by atomic mass is 9.93. The molecule has 0 aliphatic carbocycles. The average Bonchev–Trinajstić information content (AvgIpc) is 2.46. The van der Waals surface area contributed by atoms with Crippen LogP contribution in [0, 0.1) is 0 Å². The minimum Gasteiger partial charge on any atom is -0.480 e. The third kappa shape index (κ3) is 2.12. The van der Waals surface area contributed by atoms with Gasteiger partial charge in [-0.3, -0.25) is 4.79 Å². The van der Waals surface area contributed by atoms with Gasteiger partial charge in [-0.25, -0.2) is 0 Å². The van der Waals surface area contributed by atoms with Crippen molar-refractivity contribution in [3.63, 3.8) is 0 Å². The van der Waals surface area contributed by atoms with Crippen molar-refractivity contribution in [3.05, 3.63) is 60.2 Å². The number of carbonyl (C=O) groups is 1. The van der Waals surface area contributed by atoms with Crippen LogP contribution in [0.2, 0.25) is 0 Å². The Labute approximate surface area is 116 Å². The summed E-state index contributed by atoms with van der Waals surface area (Å²) in [5, 5.41) is 13.4. The zero-order valence-corrected chi connectivity index (χ0v) is 10.9. The zero-order chi connectivity index (χ0) is 14.1. The molecule has 3 aromatic carbocycles. The molecule has 3 aromatic rings. The SMILES string of the molecule is N[C@@H](Cc1c2ccccc2cc2ccccc12)C(=O)O. The third-order valence-electron chi connectivity index (χ3n) is 3.62. The van der Waals surface area contributed by atoms with Gasteiger partial charge in [0.05, 0.1) is 0 Å². The number of carboxylic acid groups (broad SMARTS) is 1. The highest BCUT2D eigenvalue weighted by molar-refractivity contribution is 6.02. The van der Waals surface area contributed by atoms with E-state index in [0.717, 1.165) is 27.1 Å². The lowest BCUT2D eigenvalue weighted by Crippen LogP contribution is -2.32. The Morgan fingerprint density at radius 3 is 2.00 bits per heavy atom. The minimum absolute atomic E-state index is 0.331. The van der Waals surface area contributed by atoms with Crippen LogP contribution in [0.15, 0.2) is 54.6 Å². The third-order valence-corrected chi connectivity index (χ3v) is 3.62. The van der Waals surface area contributed by atoms with Gasteiger partial charge in [0, 0.05) is 0 Å². The summed E-state index contributed by atoms with van der Waals surface area (Å²) < 4.78 is 0. The zero-order valence-electron chi connectivity index (χ0n) is 10.9. The Morgan fingerprint density at radius 2 is 1.50 bits per heavy atom. The number of carboxylic acids is 1. The molecule has 0 saturated heterocycles. The van der Waals surface area contributed by atoms with Crippen LogP contribution in [0.4, 0.5) is 0 Å². The summed E-state index contributed by atoms with van der Waals surface area (Å²) in [5.74, 6) is -0.970. The van der Waals surface area contributed by atoms with Crippen molar-refractivity contribution in [1.82, 2.24) is 0 Å². The van der Waals surface area contributed by atoms with Crippen molar-refractivity contribution in [3.8, 4) is 0 Å². The van der Waals surface area contributed by atoms with Gasteiger partial charge in [-0.15, -0.1) is 0 Å². The molecule has 0 bridgehead atoms. The van der Waals surface area contributed by atoms with Crippen LogP contribution < -0.4 is 5.73 Å². The number of hydrogen-bond acceptors (Lipinski definition) is 2. The molecule has 0 saturated carbocycles. The van der Waals surface area contributed by atoms with E-state index < -0.39 is 12.0 Å². The molecular weight excluding hydrogens is 250 g/mol. The van der Waals surface area contributed by atoms with Gasteiger partial charge in [0.1, 0.15) is 6.04 Å². The monoisotopic (exact) mass is 265 g/mol. The molecule has 0 unspecified atom stereocenters. The molecule has 0 spiro atoms. The average molecular weight is 265 g/mol. The highest BCUT2D eigenvalue weighted by atomic mass is 16.4. The van der Waals surface area contributed by atoms with Crippen LogP contribution in [-0.2, 0) is 11.2 Å². The largest absolute Gasteiger partial charge is 0.480 e. The lowest BCUT2D eigenvalue weighted by Gasteiger charge is -2.13. The van der Waals surface area contributed by atoms with Gasteiger partial charge in [-0.1, -0.05) is 48.5 Å². The second kappa shape index (κ2) is 4.94. The Kier molecular flexibility index (Phi) is 3.12. The molecule has 3 N–H and O–H groups in total. The van der Waals surface area contributed by atoms with E-state index in [-0.39, 0.29) is 0 Å². The van der Waals surface area contributed by atoms with Crippen molar-refractivity contribution in [2.75, 3.05) is 0 Å². The Morgan fingerprint density at radius 1 is 1.00 bits per heavy atom. The maximum atomic E-state index is 11.1. The van der Waals surface area contributed by atoms with Crippen LogP contribution in [0.5, 0.6) is 0 Å². The van der Waals surface area contributed by atoms with Gasteiger partial charge in [0.15, 0.2) is 0 Å². The van der Waals surface area contributed by atoms with E-state index in [0.29, 0.717) is 6.42 Å². The van der Waals surface area contributed by atoms with Crippen molar-refractivity contribution in [2.45, 2.75) is 12.5 Å². The number of aliphatic carboxylic acids is 1. The molecule has 0 aliphatic rings. The smallest absolute Gasteiger partial charge is 0.320 e. The molecule has 1 atom stereocenters. The van der Waals surface area contributed by atoms with Gasteiger partial charge in [-0.05, 0) is 39.6 Å².